The average molecular weight is 419 g/mol. The third-order valence-corrected chi connectivity index (χ3v) is 4.89. The molecule has 162 valence electrons. The van der Waals surface area contributed by atoms with Gasteiger partial charge in [0, 0.05) is 12.1 Å². The van der Waals surface area contributed by atoms with Gasteiger partial charge in [0.15, 0.2) is 5.75 Å². The van der Waals surface area contributed by atoms with Gasteiger partial charge in [-0.15, -0.1) is 0 Å². The Bertz CT molecular complexity index is 993. The van der Waals surface area contributed by atoms with Crippen LogP contribution in [0.5, 0.6) is 17.2 Å². The SMILES string of the molecule is Cc1cccc(C)c1Oc1ccccc1NC(=O)c1ccc(OCCCN(C)C)cc1. The number of hydrogen-bond donors (Lipinski definition) is 1. The average Bonchev–Trinajstić information content (AvgIpc) is 2.75. The molecule has 0 saturated carbocycles. The van der Waals surface area contributed by atoms with E-state index in [-0.39, 0.29) is 5.91 Å². The van der Waals surface area contributed by atoms with Crippen molar-refractivity contribution in [1.29, 1.82) is 0 Å². The van der Waals surface area contributed by atoms with Crippen LogP contribution in [0, 0.1) is 13.8 Å². The molecule has 0 aliphatic rings. The van der Waals surface area contributed by atoms with Crippen LogP contribution in [-0.2, 0) is 0 Å². The second-order valence-electron chi connectivity index (χ2n) is 7.80. The van der Waals surface area contributed by atoms with Gasteiger partial charge in [-0.3, -0.25) is 4.79 Å². The number of aryl methyl sites for hydroxylation is 2. The van der Waals surface area contributed by atoms with Crippen LogP contribution in [-0.4, -0.2) is 38.1 Å². The molecule has 0 fully saturated rings. The molecule has 0 radical (unpaired) electrons. The van der Waals surface area contributed by atoms with Crippen molar-refractivity contribution >= 4 is 11.6 Å². The molecular weight excluding hydrogens is 388 g/mol. The minimum Gasteiger partial charge on any atom is -0.494 e. The van der Waals surface area contributed by atoms with Gasteiger partial charge in [0.2, 0.25) is 0 Å². The first-order chi connectivity index (χ1) is 14.9. The summed E-state index contributed by atoms with van der Waals surface area (Å²) in [5.41, 5.74) is 3.27. The van der Waals surface area contributed by atoms with Crippen LogP contribution in [0.15, 0.2) is 66.7 Å². The first kappa shape index (κ1) is 22.4. The summed E-state index contributed by atoms with van der Waals surface area (Å²) in [7, 11) is 4.08. The van der Waals surface area contributed by atoms with Crippen LogP contribution >= 0.6 is 0 Å². The van der Waals surface area contributed by atoms with E-state index < -0.39 is 0 Å². The third-order valence-electron chi connectivity index (χ3n) is 4.89. The van der Waals surface area contributed by atoms with Crippen molar-refractivity contribution in [3.8, 4) is 17.2 Å². The first-order valence-electron chi connectivity index (χ1n) is 10.5. The molecule has 3 aromatic rings. The number of rotatable bonds is 9. The van der Waals surface area contributed by atoms with Crippen molar-refractivity contribution < 1.29 is 14.3 Å². The molecule has 3 rings (SSSR count). The second kappa shape index (κ2) is 10.6. The van der Waals surface area contributed by atoms with Crippen molar-refractivity contribution in [1.82, 2.24) is 4.90 Å². The lowest BCUT2D eigenvalue weighted by Crippen LogP contribution is -2.15. The predicted molar refractivity (Wildman–Crippen MR) is 125 cm³/mol. The van der Waals surface area contributed by atoms with E-state index in [0.717, 1.165) is 35.6 Å². The van der Waals surface area contributed by atoms with Crippen LogP contribution in [0.2, 0.25) is 0 Å². The summed E-state index contributed by atoms with van der Waals surface area (Å²) in [5.74, 6) is 1.97. The lowest BCUT2D eigenvalue weighted by Gasteiger charge is -2.15. The Kier molecular flexibility index (Phi) is 7.68. The fraction of sp³-hybridized carbons (Fsp3) is 0.269. The highest BCUT2D eigenvalue weighted by molar-refractivity contribution is 6.05. The normalized spacial score (nSPS) is 10.7. The molecule has 5 nitrogen and oxygen atoms in total. The highest BCUT2D eigenvalue weighted by atomic mass is 16.5. The third kappa shape index (κ3) is 6.33. The van der Waals surface area contributed by atoms with Gasteiger partial charge in [0.25, 0.3) is 5.91 Å². The van der Waals surface area contributed by atoms with Gasteiger partial charge >= 0.3 is 0 Å². The standard InChI is InChI=1S/C26H30N2O3/c1-19-9-7-10-20(2)25(19)31-24-12-6-5-11-23(24)27-26(29)21-13-15-22(16-14-21)30-18-8-17-28(3)4/h5-7,9-16H,8,17-18H2,1-4H3,(H,27,29). The van der Waals surface area contributed by atoms with Crippen molar-refractivity contribution in [3.63, 3.8) is 0 Å². The van der Waals surface area contributed by atoms with E-state index in [0.29, 0.717) is 23.6 Å². The molecule has 0 unspecified atom stereocenters. The minimum atomic E-state index is -0.197. The maximum Gasteiger partial charge on any atom is 0.255 e. The van der Waals surface area contributed by atoms with Gasteiger partial charge in [0.1, 0.15) is 11.5 Å². The molecule has 0 spiro atoms. The number of hydrogen-bond acceptors (Lipinski definition) is 4. The quantitative estimate of drug-likeness (QED) is 0.454. The summed E-state index contributed by atoms with van der Waals surface area (Å²) >= 11 is 0. The summed E-state index contributed by atoms with van der Waals surface area (Å²) in [6.45, 7) is 5.64. The Labute approximate surface area is 184 Å². The zero-order valence-corrected chi connectivity index (χ0v) is 18.6. The predicted octanol–water partition coefficient (Wildman–Crippen LogP) is 5.68. The van der Waals surface area contributed by atoms with Crippen molar-refractivity contribution in [2.45, 2.75) is 20.3 Å². The molecule has 5 heteroatoms. The summed E-state index contributed by atoms with van der Waals surface area (Å²) in [5, 5.41) is 2.96. The van der Waals surface area contributed by atoms with E-state index in [1.807, 2.05) is 82.5 Å². The maximum atomic E-state index is 12.8. The molecule has 0 aliphatic heterocycles. The molecule has 3 aromatic carbocycles. The van der Waals surface area contributed by atoms with Crippen LogP contribution in [0.1, 0.15) is 27.9 Å². The number of anilines is 1. The highest BCUT2D eigenvalue weighted by Crippen LogP contribution is 2.33. The zero-order valence-electron chi connectivity index (χ0n) is 18.6. The molecule has 0 heterocycles. The van der Waals surface area contributed by atoms with E-state index in [2.05, 4.69) is 10.2 Å². The Balaban J connectivity index is 1.66. The summed E-state index contributed by atoms with van der Waals surface area (Å²) in [4.78, 5) is 14.9. The Morgan fingerprint density at radius 1 is 0.903 bits per heavy atom. The Morgan fingerprint density at radius 2 is 1.58 bits per heavy atom. The fourth-order valence-electron chi connectivity index (χ4n) is 3.20. The maximum absolute atomic E-state index is 12.8. The van der Waals surface area contributed by atoms with Gasteiger partial charge in [0.05, 0.1) is 12.3 Å². The number of carbonyl (C=O) groups is 1. The van der Waals surface area contributed by atoms with Gasteiger partial charge in [-0.25, -0.2) is 0 Å². The summed E-state index contributed by atoms with van der Waals surface area (Å²) < 4.78 is 11.9. The van der Waals surface area contributed by atoms with Crippen LogP contribution in [0.3, 0.4) is 0 Å². The monoisotopic (exact) mass is 418 g/mol. The van der Waals surface area contributed by atoms with Crippen molar-refractivity contribution in [3.05, 3.63) is 83.4 Å². The molecule has 1 amide bonds. The largest absolute Gasteiger partial charge is 0.494 e. The second-order valence-corrected chi connectivity index (χ2v) is 7.80. The molecule has 0 bridgehead atoms. The van der Waals surface area contributed by atoms with Gasteiger partial charge < -0.3 is 19.7 Å². The van der Waals surface area contributed by atoms with E-state index in [9.17, 15) is 4.79 Å². The molecular formula is C26H30N2O3. The molecule has 31 heavy (non-hydrogen) atoms. The van der Waals surface area contributed by atoms with Crippen LogP contribution in [0.4, 0.5) is 5.69 Å². The molecule has 1 N–H and O–H groups in total. The number of ether oxygens (including phenoxy) is 2. The van der Waals surface area contributed by atoms with Gasteiger partial charge in [-0.1, -0.05) is 30.3 Å². The van der Waals surface area contributed by atoms with E-state index >= 15 is 0 Å². The molecule has 0 atom stereocenters. The van der Waals surface area contributed by atoms with Gasteiger partial charge in [-0.2, -0.15) is 0 Å². The topological polar surface area (TPSA) is 50.8 Å². The summed E-state index contributed by atoms with van der Waals surface area (Å²) in [6.07, 6.45) is 0.951. The van der Waals surface area contributed by atoms with E-state index in [1.165, 1.54) is 0 Å². The zero-order chi connectivity index (χ0) is 22.2. The number of nitrogens with one attached hydrogen (secondary N) is 1. The van der Waals surface area contributed by atoms with Crippen LogP contribution in [0.25, 0.3) is 0 Å². The molecule has 0 aliphatic carbocycles. The molecule has 0 saturated heterocycles. The fourth-order valence-corrected chi connectivity index (χ4v) is 3.20. The number of benzene rings is 3. The number of para-hydroxylation sites is 3. The number of nitrogens with zero attached hydrogens (tertiary/aromatic N) is 1. The lowest BCUT2D eigenvalue weighted by atomic mass is 10.1. The minimum absolute atomic E-state index is 0.197. The highest BCUT2D eigenvalue weighted by Gasteiger charge is 2.12. The number of amides is 1. The van der Waals surface area contributed by atoms with Crippen molar-refractivity contribution in [2.75, 3.05) is 32.6 Å². The Morgan fingerprint density at radius 3 is 2.26 bits per heavy atom. The lowest BCUT2D eigenvalue weighted by molar-refractivity contribution is 0.102. The number of carbonyl (C=O) groups excluding carboxylic acids is 1. The van der Waals surface area contributed by atoms with Crippen molar-refractivity contribution in [2.24, 2.45) is 0 Å². The smallest absolute Gasteiger partial charge is 0.255 e. The molecule has 0 aromatic heterocycles. The summed E-state index contributed by atoms with van der Waals surface area (Å²) in [6, 6.07) is 20.7. The van der Waals surface area contributed by atoms with Crippen LogP contribution < -0.4 is 14.8 Å². The van der Waals surface area contributed by atoms with Gasteiger partial charge in [-0.05, 0) is 81.9 Å². The van der Waals surface area contributed by atoms with E-state index in [1.54, 1.807) is 12.1 Å². The first-order valence-corrected chi connectivity index (χ1v) is 10.5. The Hall–Kier alpha value is -3.31. The van der Waals surface area contributed by atoms with E-state index in [4.69, 9.17) is 9.47 Å².